The molecular formula is C76H100. The first-order chi connectivity index (χ1) is 36.5. The molecule has 0 radical (unpaired) electrons. The fraction of sp³-hybridized carbons (Fsp3) is 0.368. The Labute approximate surface area is 465 Å². The van der Waals surface area contributed by atoms with Crippen LogP contribution in [-0.2, 0) is 25.7 Å². The highest BCUT2D eigenvalue weighted by Crippen LogP contribution is 2.37. The second-order valence-electron chi connectivity index (χ2n) is 22.5. The summed E-state index contributed by atoms with van der Waals surface area (Å²) in [7, 11) is 0. The molecule has 0 fully saturated rings. The van der Waals surface area contributed by atoms with Crippen molar-refractivity contribution in [1.29, 1.82) is 0 Å². The van der Waals surface area contributed by atoms with Gasteiger partial charge in [-0.25, -0.2) is 0 Å². The van der Waals surface area contributed by atoms with E-state index in [1.807, 2.05) is 27.7 Å². The number of hydrogen-bond acceptors (Lipinski definition) is 0. The molecule has 404 valence electrons. The summed E-state index contributed by atoms with van der Waals surface area (Å²) in [5.74, 6) is 4.43. The highest BCUT2D eigenvalue weighted by Gasteiger charge is 2.22. The van der Waals surface area contributed by atoms with Crippen molar-refractivity contribution in [1.82, 2.24) is 0 Å². The topological polar surface area (TPSA) is 0 Å². The lowest BCUT2D eigenvalue weighted by molar-refractivity contribution is 0.736. The van der Waals surface area contributed by atoms with E-state index in [-0.39, 0.29) is 0 Å². The van der Waals surface area contributed by atoms with E-state index < -0.39 is 0 Å². The molecule has 0 saturated heterocycles. The van der Waals surface area contributed by atoms with E-state index >= 15 is 0 Å². The Balaban J connectivity index is 0.000000239. The fourth-order valence-electron chi connectivity index (χ4n) is 9.25. The molecule has 4 aliphatic carbocycles. The number of fused-ring (bicyclic) bond motifs is 10. The van der Waals surface area contributed by atoms with Crippen LogP contribution in [0.1, 0.15) is 203 Å². The standard InChI is InChI=1S/2C15H14.2C13H10.4C4H10.2C2H6/c2*1-11-14-8-4-2-6-12(14)10-13-7-3-5-9-15(11)13;2*1-2-6-12-10(4-1)8-9-11-5-3-7-13(11)12;4*1-4(2)3;2*1-2/h2*2-9,11H,10H2,1H3;2*1-4,6-9H,5H2;4*4H,1-3H3;2*1-2H3. The third-order valence-corrected chi connectivity index (χ3v) is 12.2. The van der Waals surface area contributed by atoms with Gasteiger partial charge >= 0.3 is 0 Å². The Kier molecular flexibility index (Phi) is 29.0. The fourth-order valence-corrected chi connectivity index (χ4v) is 9.25. The molecule has 0 nitrogen and oxygen atoms in total. The third-order valence-electron chi connectivity index (χ3n) is 12.2. The SMILES string of the molecule is C1=Cc2c(ccc3ccccc23)C1.C1=Cc2c(ccc3ccccc23)C1.CC.CC.CC(C)C.CC(C)C.CC(C)C.CC(C)C.CC1c2ccccc2Cc2ccccc21.CC1c2ccccc2Cc2ccccc21. The predicted octanol–water partition coefficient (Wildman–Crippen LogP) is 23.0. The van der Waals surface area contributed by atoms with Gasteiger partial charge in [-0.3, -0.25) is 0 Å². The Bertz CT molecular complexity index is 2630. The second kappa shape index (κ2) is 34.4. The lowest BCUT2D eigenvalue weighted by Crippen LogP contribution is -2.10. The normalized spacial score (nSPS) is 12.4. The largest absolute Gasteiger partial charge is 0.0795 e. The first-order valence-corrected chi connectivity index (χ1v) is 29.2. The van der Waals surface area contributed by atoms with Gasteiger partial charge in [0, 0.05) is 11.8 Å². The van der Waals surface area contributed by atoms with Gasteiger partial charge in [0.15, 0.2) is 0 Å². The van der Waals surface area contributed by atoms with Crippen LogP contribution >= 0.6 is 0 Å². The van der Waals surface area contributed by atoms with Crippen LogP contribution in [0.2, 0.25) is 0 Å². The van der Waals surface area contributed by atoms with E-state index in [0.717, 1.165) is 49.4 Å². The Morgan fingerprint density at radius 2 is 0.526 bits per heavy atom. The van der Waals surface area contributed by atoms with Crippen LogP contribution in [0.4, 0.5) is 0 Å². The van der Waals surface area contributed by atoms with Gasteiger partial charge in [0.05, 0.1) is 0 Å². The van der Waals surface area contributed by atoms with Gasteiger partial charge in [0.25, 0.3) is 0 Å². The van der Waals surface area contributed by atoms with Crippen LogP contribution in [-0.4, -0.2) is 0 Å². The van der Waals surface area contributed by atoms with Gasteiger partial charge in [0.2, 0.25) is 0 Å². The van der Waals surface area contributed by atoms with Crippen molar-refractivity contribution in [2.24, 2.45) is 23.7 Å². The first-order valence-electron chi connectivity index (χ1n) is 29.2. The number of allylic oxidation sites excluding steroid dienone is 2. The molecule has 0 spiro atoms. The maximum atomic E-state index is 2.30. The van der Waals surface area contributed by atoms with Gasteiger partial charge in [0.1, 0.15) is 0 Å². The molecule has 12 rings (SSSR count). The predicted molar refractivity (Wildman–Crippen MR) is 345 cm³/mol. The molecule has 0 aromatic heterocycles. The molecule has 76 heavy (non-hydrogen) atoms. The van der Waals surface area contributed by atoms with Crippen LogP contribution in [0.5, 0.6) is 0 Å². The molecule has 0 unspecified atom stereocenters. The van der Waals surface area contributed by atoms with E-state index in [1.54, 1.807) is 0 Å². The van der Waals surface area contributed by atoms with Crippen LogP contribution < -0.4 is 0 Å². The molecule has 8 aromatic rings. The van der Waals surface area contributed by atoms with Crippen molar-refractivity contribution >= 4 is 33.7 Å². The minimum absolute atomic E-state index is 0.547. The molecule has 8 aromatic carbocycles. The highest BCUT2D eigenvalue weighted by atomic mass is 14.3. The van der Waals surface area contributed by atoms with Gasteiger partial charge in [-0.1, -0.05) is 319 Å². The van der Waals surface area contributed by atoms with Crippen molar-refractivity contribution < 1.29 is 0 Å². The number of rotatable bonds is 0. The Morgan fingerprint density at radius 1 is 0.289 bits per heavy atom. The second-order valence-corrected chi connectivity index (χ2v) is 22.5. The lowest BCUT2D eigenvalue weighted by Gasteiger charge is -2.25. The van der Waals surface area contributed by atoms with Crippen molar-refractivity contribution in [3.63, 3.8) is 0 Å². The van der Waals surface area contributed by atoms with Crippen LogP contribution in [0.3, 0.4) is 0 Å². The molecule has 0 aliphatic heterocycles. The van der Waals surface area contributed by atoms with Gasteiger partial charge in [-0.05, 0) is 138 Å². The van der Waals surface area contributed by atoms with E-state index in [9.17, 15) is 0 Å². The van der Waals surface area contributed by atoms with Gasteiger partial charge in [-0.15, -0.1) is 0 Å². The van der Waals surface area contributed by atoms with Crippen molar-refractivity contribution in [2.45, 2.75) is 162 Å². The summed E-state index contributed by atoms with van der Waals surface area (Å²) in [5.41, 5.74) is 17.7. The average molecular weight is 1010 g/mol. The molecule has 0 heterocycles. The molecule has 0 bridgehead atoms. The quantitative estimate of drug-likeness (QED) is 0.142. The summed E-state index contributed by atoms with van der Waals surface area (Å²) in [6.07, 6.45) is 13.3. The van der Waals surface area contributed by atoms with Crippen LogP contribution in [0.15, 0.2) is 182 Å². The van der Waals surface area contributed by atoms with E-state index in [1.165, 1.54) is 88.3 Å². The molecule has 0 atom stereocenters. The zero-order valence-electron chi connectivity index (χ0n) is 50.8. The summed E-state index contributed by atoms with van der Waals surface area (Å²) in [5, 5.41) is 5.45. The third kappa shape index (κ3) is 20.4. The van der Waals surface area contributed by atoms with E-state index in [4.69, 9.17) is 0 Å². The molecule has 0 heteroatoms. The van der Waals surface area contributed by atoms with E-state index in [2.05, 4.69) is 291 Å². The lowest BCUT2D eigenvalue weighted by atomic mass is 9.79. The zero-order chi connectivity index (χ0) is 56.2. The first kappa shape index (κ1) is 64.0. The minimum atomic E-state index is 0.547. The molecule has 0 N–H and O–H groups in total. The van der Waals surface area contributed by atoms with Gasteiger partial charge in [-0.2, -0.15) is 0 Å². The van der Waals surface area contributed by atoms with E-state index in [0.29, 0.717) is 11.8 Å². The molecule has 0 amide bonds. The molecule has 4 aliphatic rings. The van der Waals surface area contributed by atoms with Crippen molar-refractivity contribution in [2.75, 3.05) is 0 Å². The summed E-state index contributed by atoms with van der Waals surface area (Å²) in [6, 6.07) is 61.2. The van der Waals surface area contributed by atoms with Gasteiger partial charge < -0.3 is 0 Å². The maximum absolute atomic E-state index is 2.30. The monoisotopic (exact) mass is 1010 g/mol. The highest BCUT2D eigenvalue weighted by molar-refractivity contribution is 5.94. The number of hydrogen-bond donors (Lipinski definition) is 0. The zero-order valence-corrected chi connectivity index (χ0v) is 50.8. The average Bonchev–Trinajstić information content (AvgIpc) is 4.12. The smallest absolute Gasteiger partial charge is 0.00666 e. The summed E-state index contributed by atoms with van der Waals surface area (Å²) < 4.78 is 0. The summed E-state index contributed by atoms with van der Waals surface area (Å²) in [6.45, 7) is 38.6. The maximum Gasteiger partial charge on any atom is 0.00666 e. The molecular weight excluding hydrogens is 913 g/mol. The number of benzene rings is 8. The Hall–Kier alpha value is -6.24. The minimum Gasteiger partial charge on any atom is -0.0795 e. The van der Waals surface area contributed by atoms with Crippen molar-refractivity contribution in [3.05, 3.63) is 249 Å². The summed E-state index contributed by atoms with van der Waals surface area (Å²) >= 11 is 0. The molecule has 0 saturated carbocycles. The van der Waals surface area contributed by atoms with Crippen LogP contribution in [0.25, 0.3) is 33.7 Å². The summed E-state index contributed by atoms with van der Waals surface area (Å²) in [4.78, 5) is 0. The van der Waals surface area contributed by atoms with Crippen molar-refractivity contribution in [3.8, 4) is 0 Å². The van der Waals surface area contributed by atoms with Crippen LogP contribution in [0, 0.1) is 23.7 Å². The Morgan fingerprint density at radius 3 is 0.803 bits per heavy atom.